The first kappa shape index (κ1) is 19.9. The molecular weight excluding hydrogens is 382 g/mol. The minimum Gasteiger partial charge on any atom is -0.493 e. The van der Waals surface area contributed by atoms with Crippen LogP contribution in [0.4, 0.5) is 4.79 Å². The number of ether oxygens (including phenoxy) is 2. The van der Waals surface area contributed by atoms with E-state index in [0.29, 0.717) is 24.3 Å². The molecule has 0 aromatic heterocycles. The SMILES string of the molecule is CCOc1cc2c(cc1/C=N\N1C(=O)N[C@](CC)(c3ccccc3)C1=O)O[C@H](C)C2. The second-order valence-corrected chi connectivity index (χ2v) is 7.48. The maximum atomic E-state index is 13.2. The fraction of sp³-hybridized carbons (Fsp3) is 0.348. The predicted octanol–water partition coefficient (Wildman–Crippen LogP) is 3.60. The molecule has 2 aromatic rings. The van der Waals surface area contributed by atoms with E-state index in [4.69, 9.17) is 9.47 Å². The summed E-state index contributed by atoms with van der Waals surface area (Å²) in [5.74, 6) is 1.02. The summed E-state index contributed by atoms with van der Waals surface area (Å²) in [7, 11) is 0. The number of imide groups is 1. The summed E-state index contributed by atoms with van der Waals surface area (Å²) < 4.78 is 11.6. The van der Waals surface area contributed by atoms with Crippen LogP contribution in [0, 0.1) is 0 Å². The fourth-order valence-corrected chi connectivity index (χ4v) is 3.99. The molecular formula is C23H25N3O4. The minimum atomic E-state index is -1.12. The molecule has 1 saturated heterocycles. The maximum Gasteiger partial charge on any atom is 0.346 e. The van der Waals surface area contributed by atoms with Gasteiger partial charge in [0.1, 0.15) is 23.1 Å². The van der Waals surface area contributed by atoms with E-state index in [0.717, 1.165) is 28.3 Å². The van der Waals surface area contributed by atoms with Crippen LogP contribution < -0.4 is 14.8 Å². The molecule has 2 heterocycles. The van der Waals surface area contributed by atoms with Crippen molar-refractivity contribution >= 4 is 18.2 Å². The number of nitrogens with zero attached hydrogens (tertiary/aromatic N) is 2. The minimum absolute atomic E-state index is 0.101. The summed E-state index contributed by atoms with van der Waals surface area (Å²) in [6, 6.07) is 12.5. The molecule has 0 unspecified atom stereocenters. The van der Waals surface area contributed by atoms with Gasteiger partial charge < -0.3 is 14.8 Å². The molecule has 30 heavy (non-hydrogen) atoms. The molecule has 7 heteroatoms. The molecule has 2 atom stereocenters. The lowest BCUT2D eigenvalue weighted by Crippen LogP contribution is -2.43. The number of carbonyl (C=O) groups is 2. The largest absolute Gasteiger partial charge is 0.493 e. The van der Waals surface area contributed by atoms with E-state index in [9.17, 15) is 9.59 Å². The van der Waals surface area contributed by atoms with Crippen molar-refractivity contribution < 1.29 is 19.1 Å². The molecule has 0 radical (unpaired) electrons. The Morgan fingerprint density at radius 1 is 1.27 bits per heavy atom. The Hall–Kier alpha value is -3.35. The quantitative estimate of drug-likeness (QED) is 0.586. The number of hydrazone groups is 1. The molecule has 0 spiro atoms. The monoisotopic (exact) mass is 407 g/mol. The van der Waals surface area contributed by atoms with Crippen LogP contribution in [0.3, 0.4) is 0 Å². The van der Waals surface area contributed by atoms with Crippen LogP contribution in [-0.4, -0.2) is 35.9 Å². The Morgan fingerprint density at radius 2 is 2.03 bits per heavy atom. The van der Waals surface area contributed by atoms with Crippen molar-refractivity contribution in [3.8, 4) is 11.5 Å². The van der Waals surface area contributed by atoms with Crippen LogP contribution in [0.1, 0.15) is 43.9 Å². The van der Waals surface area contributed by atoms with E-state index < -0.39 is 17.5 Å². The van der Waals surface area contributed by atoms with Gasteiger partial charge in [0.15, 0.2) is 0 Å². The number of benzene rings is 2. The zero-order valence-electron chi connectivity index (χ0n) is 17.3. The summed E-state index contributed by atoms with van der Waals surface area (Å²) in [6.07, 6.45) is 2.81. The van der Waals surface area contributed by atoms with Crippen molar-refractivity contribution in [2.45, 2.75) is 45.3 Å². The number of fused-ring (bicyclic) bond motifs is 1. The van der Waals surface area contributed by atoms with Gasteiger partial charge in [-0.1, -0.05) is 37.3 Å². The van der Waals surface area contributed by atoms with Crippen molar-refractivity contribution in [2.24, 2.45) is 5.10 Å². The molecule has 0 aliphatic carbocycles. The van der Waals surface area contributed by atoms with Crippen LogP contribution in [0.2, 0.25) is 0 Å². The molecule has 0 saturated carbocycles. The van der Waals surface area contributed by atoms with Crippen molar-refractivity contribution in [3.63, 3.8) is 0 Å². The number of hydrogen-bond donors (Lipinski definition) is 1. The molecule has 3 amide bonds. The Kier molecular flexibility index (Phi) is 5.20. The number of hydrogen-bond acceptors (Lipinski definition) is 5. The zero-order valence-corrected chi connectivity index (χ0v) is 17.3. The first-order valence-corrected chi connectivity index (χ1v) is 10.2. The first-order chi connectivity index (χ1) is 14.5. The third-order valence-corrected chi connectivity index (χ3v) is 5.51. The highest BCUT2D eigenvalue weighted by Crippen LogP contribution is 2.35. The fourth-order valence-electron chi connectivity index (χ4n) is 3.99. The Balaban J connectivity index is 1.65. The highest BCUT2D eigenvalue weighted by Gasteiger charge is 2.51. The smallest absolute Gasteiger partial charge is 0.346 e. The third kappa shape index (κ3) is 3.30. The normalized spacial score (nSPS) is 22.9. The highest BCUT2D eigenvalue weighted by atomic mass is 16.5. The van der Waals surface area contributed by atoms with E-state index in [1.165, 1.54) is 6.21 Å². The highest BCUT2D eigenvalue weighted by molar-refractivity contribution is 6.08. The Bertz CT molecular complexity index is 1010. The number of rotatable bonds is 6. The van der Waals surface area contributed by atoms with Gasteiger partial charge in [-0.3, -0.25) is 4.79 Å². The molecule has 156 valence electrons. The lowest BCUT2D eigenvalue weighted by molar-refractivity contribution is -0.131. The number of carbonyl (C=O) groups excluding carboxylic acids is 2. The van der Waals surface area contributed by atoms with Crippen LogP contribution in [0.5, 0.6) is 11.5 Å². The molecule has 2 aliphatic heterocycles. The summed E-state index contributed by atoms with van der Waals surface area (Å²) in [5, 5.41) is 7.94. The third-order valence-electron chi connectivity index (χ3n) is 5.51. The lowest BCUT2D eigenvalue weighted by atomic mass is 9.87. The first-order valence-electron chi connectivity index (χ1n) is 10.2. The Morgan fingerprint density at radius 3 is 2.73 bits per heavy atom. The second kappa shape index (κ2) is 7.82. The molecule has 4 rings (SSSR count). The molecule has 2 aromatic carbocycles. The summed E-state index contributed by atoms with van der Waals surface area (Å²) in [5.41, 5.74) is 1.35. The van der Waals surface area contributed by atoms with Gasteiger partial charge in [0.05, 0.1) is 12.8 Å². The van der Waals surface area contributed by atoms with Crippen molar-refractivity contribution in [1.29, 1.82) is 0 Å². The van der Waals surface area contributed by atoms with Gasteiger partial charge in [-0.15, -0.1) is 5.01 Å². The molecule has 0 bridgehead atoms. The van der Waals surface area contributed by atoms with Gasteiger partial charge >= 0.3 is 6.03 Å². The van der Waals surface area contributed by atoms with Gasteiger partial charge in [0.2, 0.25) is 0 Å². The Labute approximate surface area is 175 Å². The van der Waals surface area contributed by atoms with Crippen LogP contribution >= 0.6 is 0 Å². The lowest BCUT2D eigenvalue weighted by Gasteiger charge is -2.24. The zero-order chi connectivity index (χ0) is 21.3. The number of amides is 3. The molecule has 7 nitrogen and oxygen atoms in total. The summed E-state index contributed by atoms with van der Waals surface area (Å²) >= 11 is 0. The van der Waals surface area contributed by atoms with Gasteiger partial charge in [-0.2, -0.15) is 5.10 Å². The van der Waals surface area contributed by atoms with Crippen LogP contribution in [0.25, 0.3) is 0 Å². The van der Waals surface area contributed by atoms with E-state index >= 15 is 0 Å². The summed E-state index contributed by atoms with van der Waals surface area (Å²) in [6.45, 7) is 6.27. The van der Waals surface area contributed by atoms with Gasteiger partial charge in [-0.25, -0.2) is 4.79 Å². The van der Waals surface area contributed by atoms with Crippen molar-refractivity contribution in [3.05, 3.63) is 59.2 Å². The molecule has 1 N–H and O–H groups in total. The van der Waals surface area contributed by atoms with E-state index in [1.807, 2.05) is 63.2 Å². The standard InChI is InChI=1S/C23H25N3O4/c1-4-23(18-9-7-6-8-10-18)21(27)26(22(28)25-23)24-14-17-13-20-16(11-15(3)30-20)12-19(17)29-5-2/h6-10,12-15H,4-5,11H2,1-3H3,(H,25,28)/b24-14-/t15-,23-/m1/s1. The van der Waals surface area contributed by atoms with Gasteiger partial charge in [-0.05, 0) is 38.0 Å². The second-order valence-electron chi connectivity index (χ2n) is 7.48. The van der Waals surface area contributed by atoms with Crippen molar-refractivity contribution in [1.82, 2.24) is 10.3 Å². The average Bonchev–Trinajstić information content (AvgIpc) is 3.23. The van der Waals surface area contributed by atoms with E-state index in [-0.39, 0.29) is 6.10 Å². The number of nitrogens with one attached hydrogen (secondary N) is 1. The van der Waals surface area contributed by atoms with Gasteiger partial charge in [0, 0.05) is 17.5 Å². The van der Waals surface area contributed by atoms with E-state index in [1.54, 1.807) is 0 Å². The average molecular weight is 407 g/mol. The topological polar surface area (TPSA) is 80.2 Å². The number of urea groups is 1. The van der Waals surface area contributed by atoms with Crippen LogP contribution in [-0.2, 0) is 16.8 Å². The van der Waals surface area contributed by atoms with Crippen LogP contribution in [0.15, 0.2) is 47.6 Å². The summed E-state index contributed by atoms with van der Waals surface area (Å²) in [4.78, 5) is 25.8. The van der Waals surface area contributed by atoms with E-state index in [2.05, 4.69) is 10.4 Å². The molecule has 2 aliphatic rings. The van der Waals surface area contributed by atoms with Crippen molar-refractivity contribution in [2.75, 3.05) is 6.61 Å². The molecule has 1 fully saturated rings. The maximum absolute atomic E-state index is 13.2. The predicted molar refractivity (Wildman–Crippen MR) is 113 cm³/mol. The van der Waals surface area contributed by atoms with Gasteiger partial charge in [0.25, 0.3) is 5.91 Å².